The maximum atomic E-state index is 13.0. The fraction of sp³-hybridized carbons (Fsp3) is 0.200. The largest absolute Gasteiger partial charge is 0.508 e. The standard InChI is InChI=1S/C30H28O12/c31-18-7-1-16(2-8-18)5-11-21(34)26-22(35)13-20(33)14-23(26)41-30-29(39)28(38)27(37)24(42-30)15-40-25(36)12-6-17-3-9-19(32)10-4-17/h1-14,24,27-33,35,37-39H,15H2/t24-,27-,28+,29-,30-/m1/s1. The summed E-state index contributed by atoms with van der Waals surface area (Å²) in [6, 6.07) is 13.8. The van der Waals surface area contributed by atoms with E-state index in [9.17, 15) is 45.3 Å². The average Bonchev–Trinajstić information content (AvgIpc) is 2.95. The van der Waals surface area contributed by atoms with Gasteiger partial charge in [-0.25, -0.2) is 4.79 Å². The molecule has 0 aliphatic carbocycles. The van der Waals surface area contributed by atoms with Crippen LogP contribution in [0.3, 0.4) is 0 Å². The Morgan fingerprint density at radius 1 is 0.738 bits per heavy atom. The summed E-state index contributed by atoms with van der Waals surface area (Å²) in [5.74, 6) is -3.04. The fourth-order valence-electron chi connectivity index (χ4n) is 4.01. The van der Waals surface area contributed by atoms with Gasteiger partial charge in [-0.05, 0) is 47.5 Å². The number of aliphatic hydroxyl groups excluding tert-OH is 3. The molecule has 4 rings (SSSR count). The van der Waals surface area contributed by atoms with E-state index in [0.717, 1.165) is 24.3 Å². The van der Waals surface area contributed by atoms with Crippen LogP contribution in [0.15, 0.2) is 72.8 Å². The van der Waals surface area contributed by atoms with E-state index in [1.165, 1.54) is 36.4 Å². The number of hydrogen-bond donors (Lipinski definition) is 7. The molecule has 1 saturated heterocycles. The van der Waals surface area contributed by atoms with E-state index in [2.05, 4.69) is 0 Å². The summed E-state index contributed by atoms with van der Waals surface area (Å²) >= 11 is 0. The molecule has 12 nitrogen and oxygen atoms in total. The van der Waals surface area contributed by atoms with Crippen molar-refractivity contribution in [2.24, 2.45) is 0 Å². The van der Waals surface area contributed by atoms with Gasteiger partial charge in [0.1, 0.15) is 65.3 Å². The highest BCUT2D eigenvalue weighted by atomic mass is 16.7. The van der Waals surface area contributed by atoms with E-state index >= 15 is 0 Å². The Kier molecular flexibility index (Phi) is 9.45. The SMILES string of the molecule is O=C(C=Cc1ccc(O)cc1)OC[C@H]1O[C@@H](Oc2cc(O)cc(O)c2C(=O)C=Cc2ccc(O)cc2)[C@H](O)[C@@H](O)[C@@H]1O. The van der Waals surface area contributed by atoms with Crippen molar-refractivity contribution in [2.45, 2.75) is 30.7 Å². The third-order valence-corrected chi connectivity index (χ3v) is 6.24. The molecule has 0 aromatic heterocycles. The minimum atomic E-state index is -1.85. The van der Waals surface area contributed by atoms with Gasteiger partial charge in [-0.15, -0.1) is 0 Å². The van der Waals surface area contributed by atoms with Crippen LogP contribution in [-0.2, 0) is 14.3 Å². The predicted octanol–water partition coefficient (Wildman–Crippen LogP) is 1.85. The van der Waals surface area contributed by atoms with Gasteiger partial charge in [-0.1, -0.05) is 30.3 Å². The summed E-state index contributed by atoms with van der Waals surface area (Å²) in [5.41, 5.74) is 0.755. The second-order valence-corrected chi connectivity index (χ2v) is 9.31. The minimum Gasteiger partial charge on any atom is -0.508 e. The Morgan fingerprint density at radius 3 is 1.90 bits per heavy atom. The minimum absolute atomic E-state index is 0.0299. The molecule has 0 radical (unpaired) electrons. The van der Waals surface area contributed by atoms with Gasteiger partial charge in [0.25, 0.3) is 0 Å². The molecule has 1 heterocycles. The summed E-state index contributed by atoms with van der Waals surface area (Å²) in [6.07, 6.45) is -3.43. The summed E-state index contributed by atoms with van der Waals surface area (Å²) in [7, 11) is 0. The second-order valence-electron chi connectivity index (χ2n) is 9.31. The Labute approximate surface area is 239 Å². The highest BCUT2D eigenvalue weighted by molar-refractivity contribution is 6.10. The molecule has 3 aromatic carbocycles. The topological polar surface area (TPSA) is 203 Å². The van der Waals surface area contributed by atoms with Crippen molar-refractivity contribution < 1.29 is 59.5 Å². The lowest BCUT2D eigenvalue weighted by Crippen LogP contribution is -2.60. The Bertz CT molecular complexity index is 1460. The smallest absolute Gasteiger partial charge is 0.330 e. The lowest BCUT2D eigenvalue weighted by molar-refractivity contribution is -0.278. The average molecular weight is 581 g/mol. The predicted molar refractivity (Wildman–Crippen MR) is 147 cm³/mol. The number of hydrogen-bond acceptors (Lipinski definition) is 12. The number of ether oxygens (including phenoxy) is 3. The summed E-state index contributed by atoms with van der Waals surface area (Å²) in [6.45, 7) is -0.560. The third kappa shape index (κ3) is 7.44. The third-order valence-electron chi connectivity index (χ3n) is 6.24. The lowest BCUT2D eigenvalue weighted by Gasteiger charge is -2.40. The highest BCUT2D eigenvalue weighted by Gasteiger charge is 2.45. The maximum absolute atomic E-state index is 13.0. The van der Waals surface area contributed by atoms with Crippen molar-refractivity contribution in [1.82, 2.24) is 0 Å². The highest BCUT2D eigenvalue weighted by Crippen LogP contribution is 2.36. The van der Waals surface area contributed by atoms with E-state index in [0.29, 0.717) is 11.1 Å². The molecular weight excluding hydrogens is 552 g/mol. The Balaban J connectivity index is 1.47. The van der Waals surface area contributed by atoms with E-state index in [4.69, 9.17) is 14.2 Å². The van der Waals surface area contributed by atoms with Crippen molar-refractivity contribution in [3.8, 4) is 28.7 Å². The number of carbonyl (C=O) groups is 2. The first-order valence-electron chi connectivity index (χ1n) is 12.6. The summed E-state index contributed by atoms with van der Waals surface area (Å²) in [4.78, 5) is 25.1. The number of allylic oxidation sites excluding steroid dienone is 1. The van der Waals surface area contributed by atoms with Crippen molar-refractivity contribution in [3.63, 3.8) is 0 Å². The zero-order valence-electron chi connectivity index (χ0n) is 21.8. The Morgan fingerprint density at radius 2 is 1.31 bits per heavy atom. The van der Waals surface area contributed by atoms with Crippen molar-refractivity contribution in [3.05, 3.63) is 89.5 Å². The molecule has 7 N–H and O–H groups in total. The number of ketones is 1. The van der Waals surface area contributed by atoms with Crippen LogP contribution >= 0.6 is 0 Å². The van der Waals surface area contributed by atoms with Crippen LogP contribution < -0.4 is 4.74 Å². The molecule has 0 amide bonds. The molecule has 12 heteroatoms. The molecule has 5 atom stereocenters. The molecule has 1 aliphatic heterocycles. The molecular formula is C30H28O12. The first-order valence-corrected chi connectivity index (χ1v) is 12.6. The van der Waals surface area contributed by atoms with Gasteiger partial charge in [-0.3, -0.25) is 4.79 Å². The number of aliphatic hydroxyl groups is 3. The van der Waals surface area contributed by atoms with Gasteiger partial charge < -0.3 is 50.0 Å². The normalized spacial score (nSPS) is 22.3. The molecule has 0 unspecified atom stereocenters. The van der Waals surface area contributed by atoms with Crippen LogP contribution in [0.4, 0.5) is 0 Å². The number of esters is 1. The van der Waals surface area contributed by atoms with Crippen LogP contribution in [0.25, 0.3) is 12.2 Å². The van der Waals surface area contributed by atoms with Crippen LogP contribution in [0.2, 0.25) is 0 Å². The molecule has 220 valence electrons. The van der Waals surface area contributed by atoms with Gasteiger partial charge in [-0.2, -0.15) is 0 Å². The van der Waals surface area contributed by atoms with E-state index in [-0.39, 0.29) is 11.5 Å². The molecule has 0 saturated carbocycles. The van der Waals surface area contributed by atoms with Crippen molar-refractivity contribution >= 4 is 23.9 Å². The Hall–Kier alpha value is -4.88. The van der Waals surface area contributed by atoms with Gasteiger partial charge in [0.05, 0.1) is 0 Å². The number of phenols is 4. The van der Waals surface area contributed by atoms with Crippen LogP contribution in [0, 0.1) is 0 Å². The zero-order valence-corrected chi connectivity index (χ0v) is 21.8. The van der Waals surface area contributed by atoms with Gasteiger partial charge in [0.15, 0.2) is 5.78 Å². The van der Waals surface area contributed by atoms with Crippen LogP contribution in [0.1, 0.15) is 21.5 Å². The number of carbonyl (C=O) groups excluding carboxylic acids is 2. The molecule has 1 fully saturated rings. The second kappa shape index (κ2) is 13.2. The van der Waals surface area contributed by atoms with Crippen LogP contribution in [0.5, 0.6) is 28.7 Å². The van der Waals surface area contributed by atoms with E-state index in [1.807, 2.05) is 0 Å². The number of benzene rings is 3. The number of rotatable bonds is 9. The van der Waals surface area contributed by atoms with Crippen molar-refractivity contribution in [2.75, 3.05) is 6.61 Å². The molecule has 3 aromatic rings. The molecule has 0 spiro atoms. The number of aromatic hydroxyl groups is 4. The van der Waals surface area contributed by atoms with Crippen molar-refractivity contribution in [1.29, 1.82) is 0 Å². The first kappa shape index (κ1) is 30.1. The maximum Gasteiger partial charge on any atom is 0.330 e. The van der Waals surface area contributed by atoms with Gasteiger partial charge >= 0.3 is 5.97 Å². The summed E-state index contributed by atoms with van der Waals surface area (Å²) < 4.78 is 16.2. The first-order chi connectivity index (χ1) is 20.0. The molecule has 1 aliphatic rings. The monoisotopic (exact) mass is 580 g/mol. The molecule has 42 heavy (non-hydrogen) atoms. The quantitative estimate of drug-likeness (QED) is 0.110. The lowest BCUT2D eigenvalue weighted by atomic mass is 9.99. The fourth-order valence-corrected chi connectivity index (χ4v) is 4.01. The number of phenolic OH excluding ortho intramolecular Hbond substituents is 4. The van der Waals surface area contributed by atoms with Crippen LogP contribution in [-0.4, -0.2) is 84.8 Å². The zero-order chi connectivity index (χ0) is 30.4. The van der Waals surface area contributed by atoms with Gasteiger partial charge in [0.2, 0.25) is 6.29 Å². The van der Waals surface area contributed by atoms with Gasteiger partial charge in [0, 0.05) is 18.2 Å². The summed E-state index contributed by atoms with van der Waals surface area (Å²) in [5, 5.41) is 70.4. The van der Waals surface area contributed by atoms with E-state index < -0.39 is 71.9 Å². The van der Waals surface area contributed by atoms with E-state index in [1.54, 1.807) is 24.3 Å². The molecule has 0 bridgehead atoms.